The summed E-state index contributed by atoms with van der Waals surface area (Å²) < 4.78 is 0. The average Bonchev–Trinajstić information content (AvgIpc) is 3.17. The largest absolute Gasteiger partial charge is 0.393 e. The minimum atomic E-state index is -0.0434. The van der Waals surface area contributed by atoms with Gasteiger partial charge in [-0.05, 0) is 57.0 Å². The second kappa shape index (κ2) is 6.91. The number of aliphatic hydroxyl groups is 1. The molecule has 2 nitrogen and oxygen atoms in total. The highest BCUT2D eigenvalue weighted by atomic mass is 16.3. The molecular formula is C16H31NO. The number of nitrogens with zero attached hydrogens (tertiary/aromatic N) is 1. The van der Waals surface area contributed by atoms with Crippen molar-refractivity contribution in [3.05, 3.63) is 0 Å². The van der Waals surface area contributed by atoms with Crippen molar-refractivity contribution < 1.29 is 5.11 Å². The minimum absolute atomic E-state index is 0.0434. The summed E-state index contributed by atoms with van der Waals surface area (Å²) in [5.74, 6) is 1.86. The van der Waals surface area contributed by atoms with Crippen molar-refractivity contribution >= 4 is 0 Å². The summed E-state index contributed by atoms with van der Waals surface area (Å²) in [6.07, 6.45) is 10.2. The third-order valence-electron chi connectivity index (χ3n) is 4.98. The number of rotatable bonds is 7. The molecule has 2 aliphatic rings. The number of hydrogen-bond donors (Lipinski definition) is 1. The highest BCUT2D eigenvalue weighted by Gasteiger charge is 2.33. The zero-order valence-electron chi connectivity index (χ0n) is 12.3. The second-order valence-corrected chi connectivity index (χ2v) is 6.44. The Labute approximate surface area is 113 Å². The summed E-state index contributed by atoms with van der Waals surface area (Å²) in [6.45, 7) is 7.00. The first kappa shape index (κ1) is 14.3. The van der Waals surface area contributed by atoms with Gasteiger partial charge in [0.15, 0.2) is 0 Å². The lowest BCUT2D eigenvalue weighted by molar-refractivity contribution is 0.0248. The van der Waals surface area contributed by atoms with Gasteiger partial charge < -0.3 is 10.0 Å². The maximum absolute atomic E-state index is 9.97. The summed E-state index contributed by atoms with van der Waals surface area (Å²) in [6, 6.07) is 0.650. The van der Waals surface area contributed by atoms with Crippen LogP contribution >= 0.6 is 0 Å². The van der Waals surface area contributed by atoms with Gasteiger partial charge in [0, 0.05) is 6.04 Å². The third kappa shape index (κ3) is 3.96. The Kier molecular flexibility index (Phi) is 5.50. The van der Waals surface area contributed by atoms with Crippen molar-refractivity contribution in [2.24, 2.45) is 11.8 Å². The predicted octanol–water partition coefficient (Wildman–Crippen LogP) is 3.44. The summed E-state index contributed by atoms with van der Waals surface area (Å²) in [4.78, 5) is 2.67. The number of aliphatic hydroxyl groups excluding tert-OH is 1. The Hall–Kier alpha value is -0.0800. The molecule has 1 N–H and O–H groups in total. The van der Waals surface area contributed by atoms with Crippen molar-refractivity contribution in [1.82, 2.24) is 4.90 Å². The maximum atomic E-state index is 9.97. The first-order valence-electron chi connectivity index (χ1n) is 8.16. The molecule has 0 amide bonds. The van der Waals surface area contributed by atoms with Crippen molar-refractivity contribution in [3.8, 4) is 0 Å². The van der Waals surface area contributed by atoms with Gasteiger partial charge in [-0.25, -0.2) is 0 Å². The van der Waals surface area contributed by atoms with Crippen LogP contribution in [0.25, 0.3) is 0 Å². The van der Waals surface area contributed by atoms with E-state index in [1.165, 1.54) is 45.1 Å². The van der Waals surface area contributed by atoms with Gasteiger partial charge in [0.05, 0.1) is 6.10 Å². The van der Waals surface area contributed by atoms with E-state index in [1.54, 1.807) is 0 Å². The van der Waals surface area contributed by atoms with Gasteiger partial charge in [-0.1, -0.05) is 33.1 Å². The van der Waals surface area contributed by atoms with Gasteiger partial charge in [0.25, 0.3) is 0 Å². The molecule has 0 heterocycles. The normalized spacial score (nSPS) is 33.0. The lowest BCUT2D eigenvalue weighted by Crippen LogP contribution is -2.46. The average molecular weight is 253 g/mol. The quantitative estimate of drug-likeness (QED) is 0.751. The van der Waals surface area contributed by atoms with Crippen LogP contribution in [0, 0.1) is 11.8 Å². The molecular weight excluding hydrogens is 222 g/mol. The van der Waals surface area contributed by atoms with Crippen LogP contribution in [0.15, 0.2) is 0 Å². The molecule has 0 aliphatic heterocycles. The fraction of sp³-hybridized carbons (Fsp3) is 1.00. The van der Waals surface area contributed by atoms with Crippen LogP contribution in [0.2, 0.25) is 0 Å². The summed E-state index contributed by atoms with van der Waals surface area (Å²) in [7, 11) is 0. The molecule has 0 radical (unpaired) electrons. The predicted molar refractivity (Wildman–Crippen MR) is 76.6 cm³/mol. The SMILES string of the molecule is CCCC1CCC(O)CC1N(CC)CCC1CC1. The molecule has 106 valence electrons. The van der Waals surface area contributed by atoms with E-state index in [0.29, 0.717) is 6.04 Å². The molecule has 0 aromatic carbocycles. The van der Waals surface area contributed by atoms with Gasteiger partial charge in [-0.15, -0.1) is 0 Å². The van der Waals surface area contributed by atoms with Crippen LogP contribution in [-0.4, -0.2) is 35.2 Å². The Bertz CT molecular complexity index is 239. The zero-order chi connectivity index (χ0) is 13.0. The molecule has 0 bridgehead atoms. The highest BCUT2D eigenvalue weighted by Crippen LogP contribution is 2.35. The second-order valence-electron chi connectivity index (χ2n) is 6.44. The van der Waals surface area contributed by atoms with Gasteiger partial charge in [-0.2, -0.15) is 0 Å². The lowest BCUT2D eigenvalue weighted by atomic mass is 9.79. The van der Waals surface area contributed by atoms with Crippen LogP contribution in [-0.2, 0) is 0 Å². The van der Waals surface area contributed by atoms with Gasteiger partial charge in [0.2, 0.25) is 0 Å². The molecule has 3 atom stereocenters. The Morgan fingerprint density at radius 2 is 1.83 bits per heavy atom. The van der Waals surface area contributed by atoms with E-state index in [4.69, 9.17) is 0 Å². The van der Waals surface area contributed by atoms with Gasteiger partial charge >= 0.3 is 0 Å². The van der Waals surface area contributed by atoms with Crippen LogP contribution in [0.3, 0.4) is 0 Å². The van der Waals surface area contributed by atoms with Crippen LogP contribution in [0.4, 0.5) is 0 Å². The van der Waals surface area contributed by atoms with Crippen molar-refractivity contribution in [3.63, 3.8) is 0 Å². The molecule has 0 aromatic rings. The van der Waals surface area contributed by atoms with E-state index in [9.17, 15) is 5.11 Å². The summed E-state index contributed by atoms with van der Waals surface area (Å²) >= 11 is 0. The van der Waals surface area contributed by atoms with E-state index in [2.05, 4.69) is 18.7 Å². The Balaban J connectivity index is 1.89. The standard InChI is InChI=1S/C16H31NO/c1-3-5-14-8-9-15(18)12-16(14)17(4-2)11-10-13-6-7-13/h13-16,18H,3-12H2,1-2H3. The molecule has 0 aromatic heterocycles. The fourth-order valence-corrected chi connectivity index (χ4v) is 3.66. The molecule has 2 rings (SSSR count). The van der Waals surface area contributed by atoms with E-state index >= 15 is 0 Å². The first-order valence-corrected chi connectivity index (χ1v) is 8.16. The minimum Gasteiger partial charge on any atom is -0.393 e. The summed E-state index contributed by atoms with van der Waals surface area (Å²) in [5, 5.41) is 9.97. The fourth-order valence-electron chi connectivity index (χ4n) is 3.66. The lowest BCUT2D eigenvalue weighted by Gasteiger charge is -2.41. The Morgan fingerprint density at radius 3 is 2.44 bits per heavy atom. The molecule has 0 saturated heterocycles. The van der Waals surface area contributed by atoms with Crippen LogP contribution in [0.1, 0.15) is 65.2 Å². The first-order chi connectivity index (χ1) is 8.74. The topological polar surface area (TPSA) is 23.5 Å². The summed E-state index contributed by atoms with van der Waals surface area (Å²) in [5.41, 5.74) is 0. The Morgan fingerprint density at radius 1 is 1.06 bits per heavy atom. The molecule has 2 heteroatoms. The third-order valence-corrected chi connectivity index (χ3v) is 4.98. The van der Waals surface area contributed by atoms with E-state index in [0.717, 1.165) is 31.2 Å². The molecule has 2 aliphatic carbocycles. The van der Waals surface area contributed by atoms with Crippen molar-refractivity contribution in [2.45, 2.75) is 77.4 Å². The molecule has 2 fully saturated rings. The van der Waals surface area contributed by atoms with Crippen LogP contribution in [0.5, 0.6) is 0 Å². The molecule has 18 heavy (non-hydrogen) atoms. The monoisotopic (exact) mass is 253 g/mol. The smallest absolute Gasteiger partial charge is 0.0555 e. The van der Waals surface area contributed by atoms with Crippen molar-refractivity contribution in [2.75, 3.05) is 13.1 Å². The molecule has 2 saturated carbocycles. The highest BCUT2D eigenvalue weighted by molar-refractivity contribution is 4.87. The van der Waals surface area contributed by atoms with E-state index in [-0.39, 0.29) is 6.10 Å². The van der Waals surface area contributed by atoms with Gasteiger partial charge in [0.1, 0.15) is 0 Å². The zero-order valence-corrected chi connectivity index (χ0v) is 12.3. The maximum Gasteiger partial charge on any atom is 0.0555 e. The number of hydrogen-bond acceptors (Lipinski definition) is 2. The molecule has 0 spiro atoms. The van der Waals surface area contributed by atoms with Crippen molar-refractivity contribution in [1.29, 1.82) is 0 Å². The molecule has 3 unspecified atom stereocenters. The van der Waals surface area contributed by atoms with Crippen LogP contribution < -0.4 is 0 Å². The van der Waals surface area contributed by atoms with E-state index < -0.39 is 0 Å². The van der Waals surface area contributed by atoms with E-state index in [1.807, 2.05) is 0 Å². The van der Waals surface area contributed by atoms with Gasteiger partial charge in [-0.3, -0.25) is 0 Å².